The lowest BCUT2D eigenvalue weighted by Crippen LogP contribution is -2.27. The van der Waals surface area contributed by atoms with Crippen molar-refractivity contribution in [3.05, 3.63) is 35.9 Å². The first-order valence-electron chi connectivity index (χ1n) is 5.64. The molecule has 0 aliphatic heterocycles. The highest BCUT2D eigenvalue weighted by molar-refractivity contribution is 7.89. The molecule has 19 heavy (non-hydrogen) atoms. The van der Waals surface area contributed by atoms with Gasteiger partial charge < -0.3 is 5.73 Å². The van der Waals surface area contributed by atoms with Gasteiger partial charge >= 0.3 is 0 Å². The molecule has 0 radical (unpaired) electrons. The van der Waals surface area contributed by atoms with Crippen LogP contribution in [0.3, 0.4) is 0 Å². The first kappa shape index (κ1) is 13.5. The summed E-state index contributed by atoms with van der Waals surface area (Å²) in [4.78, 5) is 4.03. The maximum absolute atomic E-state index is 12.2. The minimum atomic E-state index is -3.64. The van der Waals surface area contributed by atoms with Crippen molar-refractivity contribution < 1.29 is 8.42 Å². The van der Waals surface area contributed by atoms with Crippen LogP contribution in [0.15, 0.2) is 29.4 Å². The molecule has 1 unspecified atom stereocenters. The van der Waals surface area contributed by atoms with Crippen molar-refractivity contribution in [1.82, 2.24) is 19.9 Å². The highest BCUT2D eigenvalue weighted by Crippen LogP contribution is 2.19. The van der Waals surface area contributed by atoms with Crippen LogP contribution < -0.4 is 10.5 Å². The minimum absolute atomic E-state index is 0.127. The Morgan fingerprint density at radius 3 is 2.74 bits per heavy atom. The van der Waals surface area contributed by atoms with Crippen LogP contribution in [-0.2, 0) is 10.0 Å². The monoisotopic (exact) mass is 281 g/mol. The van der Waals surface area contributed by atoms with E-state index < -0.39 is 16.1 Å². The molecule has 102 valence electrons. The van der Waals surface area contributed by atoms with Crippen molar-refractivity contribution in [1.29, 1.82) is 0 Å². The summed E-state index contributed by atoms with van der Waals surface area (Å²) in [6.45, 7) is 3.49. The number of sulfonamides is 1. The van der Waals surface area contributed by atoms with Gasteiger partial charge in [0, 0.05) is 5.69 Å². The molecule has 1 atom stereocenters. The third-order valence-corrected chi connectivity index (χ3v) is 4.28. The lowest BCUT2D eigenvalue weighted by atomic mass is 10.2. The maximum Gasteiger partial charge on any atom is 0.241 e. The van der Waals surface area contributed by atoms with Crippen LogP contribution in [0.1, 0.15) is 24.4 Å². The Labute approximate surface area is 111 Å². The van der Waals surface area contributed by atoms with Gasteiger partial charge in [-0.25, -0.2) is 18.1 Å². The third kappa shape index (κ3) is 2.91. The Morgan fingerprint density at radius 2 is 2.16 bits per heavy atom. The smallest absolute Gasteiger partial charge is 0.241 e. The zero-order chi connectivity index (χ0) is 14.0. The Kier molecular flexibility index (Phi) is 3.54. The van der Waals surface area contributed by atoms with E-state index in [4.69, 9.17) is 5.73 Å². The van der Waals surface area contributed by atoms with Gasteiger partial charge in [-0.05, 0) is 31.5 Å². The lowest BCUT2D eigenvalue weighted by molar-refractivity contribution is 0.560. The molecule has 7 nitrogen and oxygen atoms in total. The molecule has 0 aliphatic rings. The number of H-pyrrole nitrogens is 1. The number of nitrogens with two attached hydrogens (primary N) is 1. The molecule has 1 aromatic heterocycles. The Morgan fingerprint density at radius 1 is 1.42 bits per heavy atom. The number of aryl methyl sites for hydroxylation is 1. The van der Waals surface area contributed by atoms with Crippen LogP contribution in [0.5, 0.6) is 0 Å². The van der Waals surface area contributed by atoms with Crippen LogP contribution in [-0.4, -0.2) is 23.6 Å². The number of anilines is 1. The van der Waals surface area contributed by atoms with E-state index in [9.17, 15) is 8.42 Å². The van der Waals surface area contributed by atoms with Crippen LogP contribution >= 0.6 is 0 Å². The standard InChI is InChI=1S/C11H15N5O2S/c1-7-3-4-9(5-10(7)12)19(17,18)16-8(2)11-13-6-14-15-11/h3-6,8,16H,12H2,1-2H3,(H,13,14,15). The average Bonchev–Trinajstić information content (AvgIpc) is 2.85. The molecule has 2 rings (SSSR count). The van der Waals surface area contributed by atoms with Gasteiger partial charge in [-0.2, -0.15) is 5.10 Å². The number of hydrogen-bond donors (Lipinski definition) is 3. The number of nitrogens with one attached hydrogen (secondary N) is 2. The topological polar surface area (TPSA) is 114 Å². The molecule has 0 spiro atoms. The molecule has 0 bridgehead atoms. The fourth-order valence-corrected chi connectivity index (χ4v) is 2.81. The van der Waals surface area contributed by atoms with Crippen LogP contribution in [0, 0.1) is 6.92 Å². The van der Waals surface area contributed by atoms with Crippen molar-refractivity contribution in [2.45, 2.75) is 24.8 Å². The van der Waals surface area contributed by atoms with E-state index in [2.05, 4.69) is 19.9 Å². The first-order valence-corrected chi connectivity index (χ1v) is 7.12. The minimum Gasteiger partial charge on any atom is -0.398 e. The molecule has 0 fully saturated rings. The Balaban J connectivity index is 2.25. The molecular weight excluding hydrogens is 266 g/mol. The fourth-order valence-electron chi connectivity index (χ4n) is 1.57. The number of rotatable bonds is 4. The van der Waals surface area contributed by atoms with E-state index in [0.29, 0.717) is 11.5 Å². The van der Waals surface area contributed by atoms with Gasteiger partial charge in [0.05, 0.1) is 10.9 Å². The molecule has 1 aromatic carbocycles. The van der Waals surface area contributed by atoms with Crippen LogP contribution in [0.25, 0.3) is 0 Å². The molecular formula is C11H15N5O2S. The van der Waals surface area contributed by atoms with E-state index in [1.54, 1.807) is 13.0 Å². The summed E-state index contributed by atoms with van der Waals surface area (Å²) in [5.74, 6) is 0.448. The molecule has 1 heterocycles. The molecule has 2 aromatic rings. The van der Waals surface area contributed by atoms with E-state index >= 15 is 0 Å². The summed E-state index contributed by atoms with van der Waals surface area (Å²) >= 11 is 0. The lowest BCUT2D eigenvalue weighted by Gasteiger charge is -2.12. The molecule has 0 aliphatic carbocycles. The van der Waals surface area contributed by atoms with Crippen molar-refractivity contribution in [3.8, 4) is 0 Å². The van der Waals surface area contributed by atoms with Gasteiger partial charge in [0.2, 0.25) is 10.0 Å². The van der Waals surface area contributed by atoms with Gasteiger partial charge in [-0.3, -0.25) is 5.10 Å². The summed E-state index contributed by atoms with van der Waals surface area (Å²) in [6.07, 6.45) is 1.32. The fraction of sp³-hybridized carbons (Fsp3) is 0.273. The van der Waals surface area contributed by atoms with E-state index in [-0.39, 0.29) is 4.90 Å². The summed E-state index contributed by atoms with van der Waals surface area (Å²) < 4.78 is 26.8. The van der Waals surface area contributed by atoms with Gasteiger partial charge in [0.15, 0.2) is 0 Å². The van der Waals surface area contributed by atoms with Gasteiger partial charge in [0.1, 0.15) is 12.2 Å². The van der Waals surface area contributed by atoms with Crippen molar-refractivity contribution >= 4 is 15.7 Å². The number of benzene rings is 1. The van der Waals surface area contributed by atoms with Crippen molar-refractivity contribution in [3.63, 3.8) is 0 Å². The van der Waals surface area contributed by atoms with E-state index in [1.165, 1.54) is 18.5 Å². The van der Waals surface area contributed by atoms with Crippen molar-refractivity contribution in [2.75, 3.05) is 5.73 Å². The highest BCUT2D eigenvalue weighted by Gasteiger charge is 2.20. The molecule has 0 saturated carbocycles. The van der Waals surface area contributed by atoms with Crippen molar-refractivity contribution in [2.24, 2.45) is 0 Å². The van der Waals surface area contributed by atoms with Crippen LogP contribution in [0.2, 0.25) is 0 Å². The predicted molar refractivity (Wildman–Crippen MR) is 70.7 cm³/mol. The second-order valence-electron chi connectivity index (χ2n) is 4.23. The third-order valence-electron chi connectivity index (χ3n) is 2.74. The molecule has 4 N–H and O–H groups in total. The maximum atomic E-state index is 12.2. The quantitative estimate of drug-likeness (QED) is 0.715. The number of nitrogen functional groups attached to an aromatic ring is 1. The zero-order valence-electron chi connectivity index (χ0n) is 10.6. The summed E-state index contributed by atoms with van der Waals surface area (Å²) in [5, 5.41) is 6.30. The van der Waals surface area contributed by atoms with E-state index in [0.717, 1.165) is 5.56 Å². The van der Waals surface area contributed by atoms with E-state index in [1.807, 2.05) is 6.92 Å². The van der Waals surface area contributed by atoms with Crippen LogP contribution in [0.4, 0.5) is 5.69 Å². The van der Waals surface area contributed by atoms with Gasteiger partial charge in [-0.15, -0.1) is 0 Å². The number of aromatic amines is 1. The van der Waals surface area contributed by atoms with Gasteiger partial charge in [0.25, 0.3) is 0 Å². The molecule has 0 amide bonds. The number of hydrogen-bond acceptors (Lipinski definition) is 5. The SMILES string of the molecule is Cc1ccc(S(=O)(=O)NC(C)c2ncn[nH]2)cc1N. The second-order valence-corrected chi connectivity index (χ2v) is 5.95. The molecule has 0 saturated heterocycles. The summed E-state index contributed by atoms with van der Waals surface area (Å²) in [6, 6.07) is 4.12. The number of aromatic nitrogens is 3. The normalized spacial score (nSPS) is 13.4. The van der Waals surface area contributed by atoms with Gasteiger partial charge in [-0.1, -0.05) is 6.07 Å². The Bertz CT molecular complexity index is 666. The summed E-state index contributed by atoms with van der Waals surface area (Å²) in [5.41, 5.74) is 7.00. The average molecular weight is 281 g/mol. The summed E-state index contributed by atoms with van der Waals surface area (Å²) in [7, 11) is -3.64. The highest BCUT2D eigenvalue weighted by atomic mass is 32.2. The second kappa shape index (κ2) is 4.98. The molecule has 8 heteroatoms. The number of nitrogens with zero attached hydrogens (tertiary/aromatic N) is 2. The zero-order valence-corrected chi connectivity index (χ0v) is 11.4. The Hall–Kier alpha value is -1.93. The predicted octanol–water partition coefficient (Wildman–Crippen LogP) is 0.735. The largest absolute Gasteiger partial charge is 0.398 e. The first-order chi connectivity index (χ1) is 8.90.